The zero-order chi connectivity index (χ0) is 15.6. The molecule has 1 atom stereocenters. The molecule has 2 heterocycles. The third kappa shape index (κ3) is 3.73. The number of nitrogens with one attached hydrogen (secondary N) is 2. The van der Waals surface area contributed by atoms with E-state index in [1.54, 1.807) is 0 Å². The summed E-state index contributed by atoms with van der Waals surface area (Å²) in [5, 5.41) is 18.3. The van der Waals surface area contributed by atoms with Crippen LogP contribution < -0.4 is 10.6 Å². The summed E-state index contributed by atoms with van der Waals surface area (Å²) in [6.07, 6.45) is 5.00. The summed E-state index contributed by atoms with van der Waals surface area (Å²) in [5.74, 6) is 0.810. The molecule has 1 aromatic heterocycles. The van der Waals surface area contributed by atoms with Gasteiger partial charge in [0.1, 0.15) is 0 Å². The second-order valence-electron chi connectivity index (χ2n) is 6.30. The van der Waals surface area contributed by atoms with E-state index in [1.807, 2.05) is 28.9 Å². The van der Waals surface area contributed by atoms with Crippen LogP contribution in [-0.2, 0) is 4.79 Å². The van der Waals surface area contributed by atoms with Gasteiger partial charge >= 0.3 is 0 Å². The van der Waals surface area contributed by atoms with Gasteiger partial charge in [0.2, 0.25) is 5.91 Å². The maximum absolute atomic E-state index is 12.2. The number of tetrazole rings is 1. The summed E-state index contributed by atoms with van der Waals surface area (Å²) in [4.78, 5) is 12.2. The van der Waals surface area contributed by atoms with Gasteiger partial charge in [-0.1, -0.05) is 12.1 Å². The molecule has 0 spiro atoms. The smallest absolute Gasteiger partial charge is 0.225 e. The first-order chi connectivity index (χ1) is 11.3. The Kier molecular flexibility index (Phi) is 5.11. The van der Waals surface area contributed by atoms with Crippen molar-refractivity contribution in [3.63, 3.8) is 0 Å². The lowest BCUT2D eigenvalue weighted by atomic mass is 10.1. The zero-order valence-corrected chi connectivity index (χ0v) is 14.1. The van der Waals surface area contributed by atoms with Crippen molar-refractivity contribution in [2.45, 2.75) is 44.2 Å². The number of carbonyl (C=O) groups is 1. The van der Waals surface area contributed by atoms with Crippen LogP contribution >= 0.6 is 12.4 Å². The molecule has 7 nitrogen and oxygen atoms in total. The minimum atomic E-state index is 0. The van der Waals surface area contributed by atoms with Crippen LogP contribution in [0, 0.1) is 0 Å². The first kappa shape index (κ1) is 16.9. The van der Waals surface area contributed by atoms with E-state index in [0.29, 0.717) is 18.5 Å². The van der Waals surface area contributed by atoms with Crippen molar-refractivity contribution in [2.24, 2.45) is 0 Å². The number of carbonyl (C=O) groups excluding carboxylic acids is 1. The first-order valence-electron chi connectivity index (χ1n) is 8.21. The number of nitrogens with zero attached hydrogens (tertiary/aromatic N) is 4. The van der Waals surface area contributed by atoms with Crippen LogP contribution in [0.2, 0.25) is 0 Å². The predicted octanol–water partition coefficient (Wildman–Crippen LogP) is 2.18. The average Bonchev–Trinajstić information content (AvgIpc) is 3.06. The summed E-state index contributed by atoms with van der Waals surface area (Å²) in [7, 11) is 0. The Hall–Kier alpha value is -1.99. The normalized spacial score (nSPS) is 19.8. The molecule has 8 heteroatoms. The Morgan fingerprint density at radius 2 is 2.21 bits per heavy atom. The monoisotopic (exact) mass is 348 g/mol. The molecule has 2 aromatic rings. The average molecular weight is 349 g/mol. The number of halogens is 1. The van der Waals surface area contributed by atoms with Crippen LogP contribution in [-0.4, -0.2) is 38.7 Å². The van der Waals surface area contributed by atoms with Gasteiger partial charge in [-0.2, -0.15) is 0 Å². The van der Waals surface area contributed by atoms with Gasteiger partial charge in [0.15, 0.2) is 5.82 Å². The standard InChI is InChI=1S/C16H20N6O.ClH/c23-15(10-12-5-2-8-17-12)18-13-4-1-3-11(9-13)16-19-20-21-22(16)14-6-7-14;/h1,3-4,9,12,14,17H,2,5-8,10H2,(H,18,23);1H. The van der Waals surface area contributed by atoms with Gasteiger partial charge in [0, 0.05) is 23.7 Å². The van der Waals surface area contributed by atoms with E-state index in [4.69, 9.17) is 0 Å². The Balaban J connectivity index is 0.00000169. The van der Waals surface area contributed by atoms with Gasteiger partial charge in [-0.15, -0.1) is 17.5 Å². The number of rotatable bonds is 5. The highest BCUT2D eigenvalue weighted by Crippen LogP contribution is 2.36. The number of hydrogen-bond donors (Lipinski definition) is 2. The largest absolute Gasteiger partial charge is 0.326 e. The Morgan fingerprint density at radius 3 is 2.96 bits per heavy atom. The van der Waals surface area contributed by atoms with Gasteiger partial charge in [-0.05, 0) is 54.8 Å². The highest BCUT2D eigenvalue weighted by Gasteiger charge is 2.28. The molecule has 0 bridgehead atoms. The van der Waals surface area contributed by atoms with Gasteiger partial charge in [-0.25, -0.2) is 4.68 Å². The maximum atomic E-state index is 12.2. The molecule has 1 saturated carbocycles. The molecule has 0 radical (unpaired) electrons. The molecule has 1 aliphatic carbocycles. The number of aromatic nitrogens is 4. The number of anilines is 1. The Morgan fingerprint density at radius 1 is 1.33 bits per heavy atom. The van der Waals surface area contributed by atoms with Gasteiger partial charge in [-0.3, -0.25) is 4.79 Å². The Labute approximate surface area is 146 Å². The van der Waals surface area contributed by atoms with Crippen molar-refractivity contribution < 1.29 is 4.79 Å². The predicted molar refractivity (Wildman–Crippen MR) is 93.0 cm³/mol. The second-order valence-corrected chi connectivity index (χ2v) is 6.30. The first-order valence-corrected chi connectivity index (χ1v) is 8.21. The van der Waals surface area contributed by atoms with Crippen molar-refractivity contribution in [1.82, 2.24) is 25.5 Å². The van der Waals surface area contributed by atoms with E-state index in [1.165, 1.54) is 0 Å². The van der Waals surface area contributed by atoms with Crippen molar-refractivity contribution in [2.75, 3.05) is 11.9 Å². The van der Waals surface area contributed by atoms with Gasteiger partial charge < -0.3 is 10.6 Å². The molecule has 1 saturated heterocycles. The van der Waals surface area contributed by atoms with Crippen molar-refractivity contribution in [3.8, 4) is 11.4 Å². The SMILES string of the molecule is Cl.O=C(CC1CCCN1)Nc1cccc(-c2nnnn2C2CC2)c1. The minimum absolute atomic E-state index is 0. The summed E-state index contributed by atoms with van der Waals surface area (Å²) in [5.41, 5.74) is 1.72. The van der Waals surface area contributed by atoms with Gasteiger partial charge in [0.05, 0.1) is 6.04 Å². The van der Waals surface area contributed by atoms with Crippen LogP contribution in [0.4, 0.5) is 5.69 Å². The molecule has 4 rings (SSSR count). The summed E-state index contributed by atoms with van der Waals surface area (Å²) < 4.78 is 1.88. The number of hydrogen-bond acceptors (Lipinski definition) is 5. The molecule has 1 aliphatic heterocycles. The minimum Gasteiger partial charge on any atom is -0.326 e. The van der Waals surface area contributed by atoms with Crippen molar-refractivity contribution in [3.05, 3.63) is 24.3 Å². The summed E-state index contributed by atoms with van der Waals surface area (Å²) in [6.45, 7) is 1.01. The van der Waals surface area contributed by atoms with Crippen LogP contribution in [0.3, 0.4) is 0 Å². The fraction of sp³-hybridized carbons (Fsp3) is 0.500. The fourth-order valence-corrected chi connectivity index (χ4v) is 3.05. The molecule has 2 N–H and O–H groups in total. The molecule has 1 aromatic carbocycles. The van der Waals surface area contributed by atoms with E-state index >= 15 is 0 Å². The molecule has 128 valence electrons. The van der Waals surface area contributed by atoms with Gasteiger partial charge in [0.25, 0.3) is 0 Å². The molecular weight excluding hydrogens is 328 g/mol. The van der Waals surface area contributed by atoms with E-state index in [2.05, 4.69) is 26.2 Å². The molecule has 1 unspecified atom stereocenters. The lowest BCUT2D eigenvalue weighted by Crippen LogP contribution is -2.27. The highest BCUT2D eigenvalue weighted by atomic mass is 35.5. The quantitative estimate of drug-likeness (QED) is 0.865. The number of benzene rings is 1. The topological polar surface area (TPSA) is 84.7 Å². The van der Waals surface area contributed by atoms with Crippen LogP contribution in [0.1, 0.15) is 38.1 Å². The van der Waals surface area contributed by atoms with Crippen LogP contribution in [0.15, 0.2) is 24.3 Å². The third-order valence-electron chi connectivity index (χ3n) is 4.38. The van der Waals surface area contributed by atoms with Crippen molar-refractivity contribution >= 4 is 24.0 Å². The lowest BCUT2D eigenvalue weighted by molar-refractivity contribution is -0.116. The summed E-state index contributed by atoms with van der Waals surface area (Å²) >= 11 is 0. The third-order valence-corrected chi connectivity index (χ3v) is 4.38. The zero-order valence-electron chi connectivity index (χ0n) is 13.3. The van der Waals surface area contributed by atoms with Crippen LogP contribution in [0.5, 0.6) is 0 Å². The van der Waals surface area contributed by atoms with E-state index < -0.39 is 0 Å². The second kappa shape index (κ2) is 7.27. The van der Waals surface area contributed by atoms with Crippen LogP contribution in [0.25, 0.3) is 11.4 Å². The maximum Gasteiger partial charge on any atom is 0.225 e. The molecule has 1 amide bonds. The van der Waals surface area contributed by atoms with E-state index in [-0.39, 0.29) is 18.3 Å². The van der Waals surface area contributed by atoms with E-state index in [0.717, 1.165) is 49.3 Å². The highest BCUT2D eigenvalue weighted by molar-refractivity contribution is 5.91. The number of amides is 1. The lowest BCUT2D eigenvalue weighted by Gasteiger charge is -2.11. The van der Waals surface area contributed by atoms with E-state index in [9.17, 15) is 4.79 Å². The van der Waals surface area contributed by atoms with Crippen molar-refractivity contribution in [1.29, 1.82) is 0 Å². The molecular formula is C16H21ClN6O. The summed E-state index contributed by atoms with van der Waals surface area (Å²) in [6, 6.07) is 8.45. The molecule has 24 heavy (non-hydrogen) atoms. The molecule has 2 aliphatic rings. The fourth-order valence-electron chi connectivity index (χ4n) is 3.05. The molecule has 2 fully saturated rings. The Bertz CT molecular complexity index is 708.